The second kappa shape index (κ2) is 4.67. The topological polar surface area (TPSA) is 67.6 Å². The molecule has 18 heavy (non-hydrogen) atoms. The van der Waals surface area contributed by atoms with Gasteiger partial charge < -0.3 is 20.7 Å². The van der Waals surface area contributed by atoms with E-state index in [0.717, 1.165) is 0 Å². The number of hydrogen-bond acceptors (Lipinski definition) is 4. The molecule has 1 aromatic carbocycles. The van der Waals surface area contributed by atoms with E-state index in [1.54, 1.807) is 0 Å². The predicted molar refractivity (Wildman–Crippen MR) is 64.3 cm³/mol. The van der Waals surface area contributed by atoms with E-state index < -0.39 is 13.0 Å². The Hall–Kier alpha value is -2.05. The molecular formula is C11H13F2N3O2. The summed E-state index contributed by atoms with van der Waals surface area (Å²) in [5, 5.41) is 2.60. The number of nitrogens with two attached hydrogens (primary N) is 1. The molecular weight excluding hydrogens is 244 g/mol. The molecule has 1 aliphatic heterocycles. The van der Waals surface area contributed by atoms with E-state index in [4.69, 9.17) is 10.5 Å². The number of fused-ring (bicyclic) bond motifs is 1. The van der Waals surface area contributed by atoms with Crippen molar-refractivity contribution in [3.8, 4) is 5.75 Å². The minimum atomic E-state index is -2.46. The fourth-order valence-corrected chi connectivity index (χ4v) is 1.77. The Labute approximate surface area is 103 Å². The predicted octanol–water partition coefficient (Wildman–Crippen LogP) is 1.30. The zero-order valence-electron chi connectivity index (χ0n) is 9.74. The number of amides is 1. The van der Waals surface area contributed by atoms with Gasteiger partial charge in [0.15, 0.2) is 6.61 Å². The van der Waals surface area contributed by atoms with Crippen molar-refractivity contribution in [2.24, 2.45) is 0 Å². The molecule has 0 saturated heterocycles. The van der Waals surface area contributed by atoms with Crippen molar-refractivity contribution in [1.29, 1.82) is 0 Å². The second-order valence-corrected chi connectivity index (χ2v) is 4.02. The largest absolute Gasteiger partial charge is 0.482 e. The zero-order valence-corrected chi connectivity index (χ0v) is 9.74. The number of nitrogens with zero attached hydrogens (tertiary/aromatic N) is 1. The van der Waals surface area contributed by atoms with E-state index in [2.05, 4.69) is 5.32 Å². The Bertz CT molecular complexity index is 480. The van der Waals surface area contributed by atoms with Crippen LogP contribution in [0.4, 0.5) is 25.8 Å². The fourth-order valence-electron chi connectivity index (χ4n) is 1.77. The number of carbonyl (C=O) groups is 1. The number of ether oxygens (including phenoxy) is 1. The van der Waals surface area contributed by atoms with Crippen molar-refractivity contribution < 1.29 is 18.3 Å². The molecule has 0 aliphatic carbocycles. The maximum absolute atomic E-state index is 12.3. The van der Waals surface area contributed by atoms with E-state index in [-0.39, 0.29) is 12.5 Å². The van der Waals surface area contributed by atoms with E-state index in [1.807, 2.05) is 0 Å². The van der Waals surface area contributed by atoms with Crippen LogP contribution < -0.4 is 20.7 Å². The van der Waals surface area contributed by atoms with Crippen LogP contribution in [0.3, 0.4) is 0 Å². The van der Waals surface area contributed by atoms with Crippen LogP contribution in [0.1, 0.15) is 0 Å². The average Bonchev–Trinajstić information content (AvgIpc) is 2.27. The monoisotopic (exact) mass is 257 g/mol. The first-order valence-corrected chi connectivity index (χ1v) is 5.33. The van der Waals surface area contributed by atoms with Gasteiger partial charge in [0.1, 0.15) is 5.75 Å². The number of carbonyl (C=O) groups excluding carboxylic acids is 1. The van der Waals surface area contributed by atoms with Crippen LogP contribution in [-0.2, 0) is 4.79 Å². The van der Waals surface area contributed by atoms with Gasteiger partial charge in [0.2, 0.25) is 0 Å². The molecule has 0 spiro atoms. The third-order valence-electron chi connectivity index (χ3n) is 2.58. The van der Waals surface area contributed by atoms with Gasteiger partial charge in [-0.05, 0) is 6.07 Å². The third kappa shape index (κ3) is 2.44. The van der Waals surface area contributed by atoms with E-state index in [1.165, 1.54) is 24.1 Å². The van der Waals surface area contributed by atoms with E-state index >= 15 is 0 Å². The standard InChI is InChI=1S/C11H13F2N3O2/c1-16(4-10(12)13)8-3-7-9(2-6(8)14)18-5-11(17)15-7/h2-3,10H,4-5,14H2,1H3,(H,15,17). The van der Waals surface area contributed by atoms with Crippen molar-refractivity contribution in [1.82, 2.24) is 0 Å². The van der Waals surface area contributed by atoms with Crippen molar-refractivity contribution in [2.75, 3.05) is 36.1 Å². The van der Waals surface area contributed by atoms with Crippen molar-refractivity contribution in [2.45, 2.75) is 6.43 Å². The molecule has 7 heteroatoms. The van der Waals surface area contributed by atoms with Gasteiger partial charge in [-0.25, -0.2) is 8.78 Å². The van der Waals surface area contributed by atoms with E-state index in [0.29, 0.717) is 22.8 Å². The molecule has 0 unspecified atom stereocenters. The molecule has 1 heterocycles. The minimum absolute atomic E-state index is 0.0708. The van der Waals surface area contributed by atoms with Crippen LogP contribution in [0.5, 0.6) is 5.75 Å². The Morgan fingerprint density at radius 3 is 2.94 bits per heavy atom. The van der Waals surface area contributed by atoms with Crippen LogP contribution in [0, 0.1) is 0 Å². The lowest BCUT2D eigenvalue weighted by molar-refractivity contribution is -0.118. The number of rotatable bonds is 3. The summed E-state index contributed by atoms with van der Waals surface area (Å²) < 4.78 is 29.8. The van der Waals surface area contributed by atoms with Crippen molar-refractivity contribution in [3.05, 3.63) is 12.1 Å². The van der Waals surface area contributed by atoms with Gasteiger partial charge >= 0.3 is 0 Å². The van der Waals surface area contributed by atoms with Crippen LogP contribution in [0.15, 0.2) is 12.1 Å². The highest BCUT2D eigenvalue weighted by Gasteiger charge is 2.20. The van der Waals surface area contributed by atoms with Crippen molar-refractivity contribution >= 4 is 23.0 Å². The summed E-state index contributed by atoms with van der Waals surface area (Å²) in [6.07, 6.45) is -2.46. The fraction of sp³-hybridized carbons (Fsp3) is 0.364. The molecule has 2 rings (SSSR count). The van der Waals surface area contributed by atoms with Crippen molar-refractivity contribution in [3.63, 3.8) is 0 Å². The highest BCUT2D eigenvalue weighted by atomic mass is 19.3. The average molecular weight is 257 g/mol. The Morgan fingerprint density at radius 2 is 2.28 bits per heavy atom. The molecule has 0 radical (unpaired) electrons. The molecule has 0 aromatic heterocycles. The number of nitrogen functional groups attached to an aromatic ring is 1. The number of halogens is 2. The van der Waals surface area contributed by atoms with Gasteiger partial charge in [-0.1, -0.05) is 0 Å². The van der Waals surface area contributed by atoms with Crippen LogP contribution in [0.25, 0.3) is 0 Å². The SMILES string of the molecule is CN(CC(F)F)c1cc2c(cc1N)OCC(=O)N2. The van der Waals surface area contributed by atoms with Gasteiger partial charge in [0, 0.05) is 13.1 Å². The molecule has 0 bridgehead atoms. The smallest absolute Gasteiger partial charge is 0.262 e. The highest BCUT2D eigenvalue weighted by Crippen LogP contribution is 2.36. The molecule has 0 saturated carbocycles. The number of nitrogens with one attached hydrogen (secondary N) is 1. The normalized spacial score (nSPS) is 13.9. The lowest BCUT2D eigenvalue weighted by Gasteiger charge is -2.24. The summed E-state index contributed by atoms with van der Waals surface area (Å²) in [6, 6.07) is 3.05. The summed E-state index contributed by atoms with van der Waals surface area (Å²) in [5.41, 5.74) is 6.98. The van der Waals surface area contributed by atoms with Gasteiger partial charge in [0.05, 0.1) is 23.6 Å². The second-order valence-electron chi connectivity index (χ2n) is 4.02. The summed E-state index contributed by atoms with van der Waals surface area (Å²) in [5.74, 6) is 0.163. The van der Waals surface area contributed by atoms with Gasteiger partial charge in [-0.2, -0.15) is 0 Å². The maximum atomic E-state index is 12.3. The minimum Gasteiger partial charge on any atom is -0.482 e. The first kappa shape index (κ1) is 12.4. The molecule has 5 nitrogen and oxygen atoms in total. The number of hydrogen-bond donors (Lipinski definition) is 2. The Balaban J connectivity index is 2.31. The lowest BCUT2D eigenvalue weighted by atomic mass is 10.2. The molecule has 0 fully saturated rings. The highest BCUT2D eigenvalue weighted by molar-refractivity contribution is 5.97. The molecule has 1 aliphatic rings. The lowest BCUT2D eigenvalue weighted by Crippen LogP contribution is -2.28. The van der Waals surface area contributed by atoms with E-state index in [9.17, 15) is 13.6 Å². The zero-order chi connectivity index (χ0) is 13.3. The summed E-state index contributed by atoms with van der Waals surface area (Å²) in [7, 11) is 1.51. The van der Waals surface area contributed by atoms with Crippen LogP contribution in [0.2, 0.25) is 0 Å². The summed E-state index contributed by atoms with van der Waals surface area (Å²) >= 11 is 0. The first-order valence-electron chi connectivity index (χ1n) is 5.33. The molecule has 1 amide bonds. The molecule has 0 atom stereocenters. The summed E-state index contributed by atoms with van der Waals surface area (Å²) in [4.78, 5) is 12.5. The summed E-state index contributed by atoms with van der Waals surface area (Å²) in [6.45, 7) is -0.504. The third-order valence-corrected chi connectivity index (χ3v) is 2.58. The quantitative estimate of drug-likeness (QED) is 0.801. The molecule has 3 N–H and O–H groups in total. The van der Waals surface area contributed by atoms with Crippen LogP contribution >= 0.6 is 0 Å². The van der Waals surface area contributed by atoms with Crippen LogP contribution in [-0.4, -0.2) is 32.5 Å². The number of alkyl halides is 2. The van der Waals surface area contributed by atoms with Gasteiger partial charge in [-0.15, -0.1) is 0 Å². The van der Waals surface area contributed by atoms with Gasteiger partial charge in [0.25, 0.3) is 12.3 Å². The Kier molecular flexibility index (Phi) is 3.22. The molecule has 98 valence electrons. The molecule has 1 aromatic rings. The van der Waals surface area contributed by atoms with Gasteiger partial charge in [-0.3, -0.25) is 4.79 Å². The number of anilines is 3. The number of benzene rings is 1. The Morgan fingerprint density at radius 1 is 1.56 bits per heavy atom. The first-order chi connectivity index (χ1) is 8.47. The maximum Gasteiger partial charge on any atom is 0.262 e.